The highest BCUT2D eigenvalue weighted by atomic mass is 19.4. The van der Waals surface area contributed by atoms with Crippen LogP contribution in [-0.4, -0.2) is 22.0 Å². The van der Waals surface area contributed by atoms with Gasteiger partial charge in [0.2, 0.25) is 11.7 Å². The summed E-state index contributed by atoms with van der Waals surface area (Å²) in [6, 6.07) is 13.6. The van der Waals surface area contributed by atoms with Gasteiger partial charge in [-0.05, 0) is 37.6 Å². The van der Waals surface area contributed by atoms with Crippen LogP contribution in [0.3, 0.4) is 0 Å². The van der Waals surface area contributed by atoms with Crippen molar-refractivity contribution < 1.29 is 18.0 Å². The Hall–Kier alpha value is -2.83. The van der Waals surface area contributed by atoms with E-state index in [2.05, 4.69) is 4.98 Å². The molecule has 0 atom stereocenters. The fraction of sp³-hybridized carbons (Fsp3) is 0.263. The molecule has 7 heteroatoms. The zero-order chi connectivity index (χ0) is 18.9. The average Bonchev–Trinajstić information content (AvgIpc) is 2.96. The molecule has 0 saturated heterocycles. The number of halogens is 3. The van der Waals surface area contributed by atoms with Crippen LogP contribution in [-0.2, 0) is 17.5 Å². The molecule has 2 aromatic carbocycles. The quantitative estimate of drug-likeness (QED) is 0.690. The Morgan fingerprint density at radius 2 is 1.77 bits per heavy atom. The second-order valence-electron chi connectivity index (χ2n) is 5.93. The van der Waals surface area contributed by atoms with Gasteiger partial charge >= 0.3 is 6.18 Å². The molecule has 3 aromatic rings. The lowest BCUT2D eigenvalue weighted by molar-refractivity contribution is -0.147. The van der Waals surface area contributed by atoms with E-state index in [0.717, 1.165) is 10.1 Å². The van der Waals surface area contributed by atoms with Gasteiger partial charge in [-0.15, -0.1) is 0 Å². The Morgan fingerprint density at radius 3 is 2.42 bits per heavy atom. The van der Waals surface area contributed by atoms with Gasteiger partial charge in [0.05, 0.1) is 11.0 Å². The largest absolute Gasteiger partial charge is 0.449 e. The standard InChI is InChI=1S/C19H18F3N3O/c1-3-24(15-10-6-4-8-13(15)2)17(26)12-25-16-11-7-5-9-14(16)23-18(25)19(20,21)22/h4-11H,3,12H2,1-2H3. The highest BCUT2D eigenvalue weighted by Gasteiger charge is 2.38. The van der Waals surface area contributed by atoms with Crippen molar-refractivity contribution in [3.8, 4) is 0 Å². The molecule has 136 valence electrons. The first kappa shape index (κ1) is 18.0. The first-order valence-corrected chi connectivity index (χ1v) is 8.21. The highest BCUT2D eigenvalue weighted by molar-refractivity contribution is 5.94. The summed E-state index contributed by atoms with van der Waals surface area (Å²) in [5.41, 5.74) is 2.08. The minimum atomic E-state index is -4.64. The Labute approximate surface area is 148 Å². The van der Waals surface area contributed by atoms with Crippen molar-refractivity contribution in [2.24, 2.45) is 0 Å². The number of fused-ring (bicyclic) bond motifs is 1. The Bertz CT molecular complexity index is 947. The highest BCUT2D eigenvalue weighted by Crippen LogP contribution is 2.31. The zero-order valence-corrected chi connectivity index (χ0v) is 14.4. The molecule has 1 heterocycles. The van der Waals surface area contributed by atoms with Gasteiger partial charge in [-0.1, -0.05) is 30.3 Å². The SMILES string of the molecule is CCN(C(=O)Cn1c(C(F)(F)F)nc2ccccc21)c1ccccc1C. The lowest BCUT2D eigenvalue weighted by atomic mass is 10.2. The predicted molar refractivity (Wildman–Crippen MR) is 93.9 cm³/mol. The molecule has 1 amide bonds. The summed E-state index contributed by atoms with van der Waals surface area (Å²) in [5.74, 6) is -1.48. The lowest BCUT2D eigenvalue weighted by Crippen LogP contribution is -2.35. The van der Waals surface area contributed by atoms with E-state index in [1.54, 1.807) is 31.2 Å². The third kappa shape index (κ3) is 3.29. The zero-order valence-electron chi connectivity index (χ0n) is 14.4. The summed E-state index contributed by atoms with van der Waals surface area (Å²) in [5, 5.41) is 0. The normalized spacial score (nSPS) is 11.7. The average molecular weight is 361 g/mol. The maximum Gasteiger partial charge on any atom is 0.449 e. The van der Waals surface area contributed by atoms with E-state index in [-0.39, 0.29) is 11.0 Å². The molecule has 0 radical (unpaired) electrons. The third-order valence-electron chi connectivity index (χ3n) is 4.23. The van der Waals surface area contributed by atoms with Crippen molar-refractivity contribution in [1.29, 1.82) is 0 Å². The summed E-state index contributed by atoms with van der Waals surface area (Å²) in [6.45, 7) is 3.58. The summed E-state index contributed by atoms with van der Waals surface area (Å²) in [6.07, 6.45) is -4.64. The van der Waals surface area contributed by atoms with Gasteiger partial charge in [-0.25, -0.2) is 4.98 Å². The van der Waals surface area contributed by atoms with Gasteiger partial charge in [0.25, 0.3) is 0 Å². The molecule has 0 aliphatic heterocycles. The number of amides is 1. The molecule has 1 aromatic heterocycles. The Balaban J connectivity index is 2.02. The van der Waals surface area contributed by atoms with Crippen LogP contribution in [0.2, 0.25) is 0 Å². The molecule has 4 nitrogen and oxygen atoms in total. The number of carbonyl (C=O) groups excluding carboxylic acids is 1. The van der Waals surface area contributed by atoms with Gasteiger partial charge in [-0.3, -0.25) is 4.79 Å². The molecule has 0 aliphatic rings. The molecule has 0 aliphatic carbocycles. The summed E-state index contributed by atoms with van der Waals surface area (Å²) >= 11 is 0. The topological polar surface area (TPSA) is 38.1 Å². The van der Waals surface area contributed by atoms with Crippen molar-refractivity contribution in [1.82, 2.24) is 9.55 Å². The van der Waals surface area contributed by atoms with E-state index in [1.807, 2.05) is 19.1 Å². The maximum absolute atomic E-state index is 13.4. The second kappa shape index (κ2) is 6.82. The molecule has 0 bridgehead atoms. The van der Waals surface area contributed by atoms with Crippen LogP contribution in [0.5, 0.6) is 0 Å². The van der Waals surface area contributed by atoms with Crippen LogP contribution in [0, 0.1) is 6.92 Å². The van der Waals surface area contributed by atoms with Gasteiger partial charge in [-0.2, -0.15) is 13.2 Å². The number of imidazole rings is 1. The molecule has 0 unspecified atom stereocenters. The van der Waals surface area contributed by atoms with Gasteiger partial charge in [0.1, 0.15) is 6.54 Å². The smallest absolute Gasteiger partial charge is 0.311 e. The molecule has 0 saturated carbocycles. The van der Waals surface area contributed by atoms with Crippen LogP contribution < -0.4 is 4.90 Å². The van der Waals surface area contributed by atoms with Crippen molar-refractivity contribution >= 4 is 22.6 Å². The van der Waals surface area contributed by atoms with Crippen molar-refractivity contribution in [2.75, 3.05) is 11.4 Å². The van der Waals surface area contributed by atoms with E-state index < -0.39 is 24.5 Å². The number of anilines is 1. The van der Waals surface area contributed by atoms with Crippen LogP contribution in [0.4, 0.5) is 18.9 Å². The number of hydrogen-bond acceptors (Lipinski definition) is 2. The number of aryl methyl sites for hydroxylation is 1. The number of para-hydroxylation sites is 3. The lowest BCUT2D eigenvalue weighted by Gasteiger charge is -2.24. The predicted octanol–water partition coefficient (Wildman–Crippen LogP) is 4.42. The number of aromatic nitrogens is 2. The first-order chi connectivity index (χ1) is 12.3. The summed E-state index contributed by atoms with van der Waals surface area (Å²) < 4.78 is 41.1. The molecule has 0 spiro atoms. The molecular weight excluding hydrogens is 343 g/mol. The van der Waals surface area contributed by atoms with E-state index in [4.69, 9.17) is 0 Å². The van der Waals surface area contributed by atoms with Crippen LogP contribution >= 0.6 is 0 Å². The van der Waals surface area contributed by atoms with Crippen LogP contribution in [0.1, 0.15) is 18.3 Å². The molecule has 0 fully saturated rings. The summed E-state index contributed by atoms with van der Waals surface area (Å²) in [7, 11) is 0. The van der Waals surface area contributed by atoms with Crippen molar-refractivity contribution in [3.63, 3.8) is 0 Å². The number of alkyl halides is 3. The number of benzene rings is 2. The minimum Gasteiger partial charge on any atom is -0.311 e. The number of nitrogens with zero attached hydrogens (tertiary/aromatic N) is 3. The Morgan fingerprint density at radius 1 is 1.12 bits per heavy atom. The van der Waals surface area contributed by atoms with Gasteiger partial charge in [0, 0.05) is 12.2 Å². The number of rotatable bonds is 4. The van der Waals surface area contributed by atoms with E-state index in [0.29, 0.717) is 12.2 Å². The van der Waals surface area contributed by atoms with E-state index >= 15 is 0 Å². The monoisotopic (exact) mass is 361 g/mol. The fourth-order valence-electron chi connectivity index (χ4n) is 3.02. The molecular formula is C19H18F3N3O. The number of likely N-dealkylation sites (N-methyl/N-ethyl adjacent to an activating group) is 1. The maximum atomic E-state index is 13.4. The minimum absolute atomic E-state index is 0.214. The first-order valence-electron chi connectivity index (χ1n) is 8.21. The van der Waals surface area contributed by atoms with Crippen molar-refractivity contribution in [2.45, 2.75) is 26.6 Å². The molecule has 26 heavy (non-hydrogen) atoms. The van der Waals surface area contributed by atoms with Gasteiger partial charge < -0.3 is 9.47 Å². The third-order valence-corrected chi connectivity index (χ3v) is 4.23. The van der Waals surface area contributed by atoms with E-state index in [9.17, 15) is 18.0 Å². The fourth-order valence-corrected chi connectivity index (χ4v) is 3.02. The van der Waals surface area contributed by atoms with E-state index in [1.165, 1.54) is 17.0 Å². The second-order valence-corrected chi connectivity index (χ2v) is 5.93. The van der Waals surface area contributed by atoms with Crippen LogP contribution in [0.25, 0.3) is 11.0 Å². The van der Waals surface area contributed by atoms with Crippen LogP contribution in [0.15, 0.2) is 48.5 Å². The van der Waals surface area contributed by atoms with Gasteiger partial charge in [0.15, 0.2) is 0 Å². The number of carbonyl (C=O) groups is 1. The summed E-state index contributed by atoms with van der Waals surface area (Å²) in [4.78, 5) is 18.0. The Kier molecular flexibility index (Phi) is 4.71. The molecule has 0 N–H and O–H groups in total. The molecule has 3 rings (SSSR count). The van der Waals surface area contributed by atoms with Crippen molar-refractivity contribution in [3.05, 3.63) is 59.9 Å². The number of hydrogen-bond donors (Lipinski definition) is 0.